The maximum atomic E-state index is 14.6. The van der Waals surface area contributed by atoms with E-state index in [9.17, 15) is 18.0 Å². The number of sulfonamides is 1. The summed E-state index contributed by atoms with van der Waals surface area (Å²) in [7, 11) is -4.30. The molecule has 0 aliphatic carbocycles. The first-order valence-corrected chi connectivity index (χ1v) is 17.3. The van der Waals surface area contributed by atoms with Crippen LogP contribution < -0.4 is 9.62 Å². The quantitative estimate of drug-likeness (QED) is 0.162. The van der Waals surface area contributed by atoms with Gasteiger partial charge in [-0.15, -0.1) is 0 Å². The lowest BCUT2D eigenvalue weighted by Crippen LogP contribution is -2.53. The van der Waals surface area contributed by atoms with Crippen molar-refractivity contribution in [3.8, 4) is 0 Å². The van der Waals surface area contributed by atoms with E-state index in [4.69, 9.17) is 23.2 Å². The Bertz CT molecular complexity index is 1760. The topological polar surface area (TPSA) is 86.8 Å². The van der Waals surface area contributed by atoms with Gasteiger partial charge < -0.3 is 10.2 Å². The summed E-state index contributed by atoms with van der Waals surface area (Å²) in [6.45, 7) is 7.65. The summed E-state index contributed by atoms with van der Waals surface area (Å²) in [6.07, 6.45) is 0.227. The minimum atomic E-state index is -4.30. The number of nitrogens with zero attached hydrogens (tertiary/aromatic N) is 2. The average molecular weight is 681 g/mol. The second-order valence-corrected chi connectivity index (χ2v) is 14.3. The molecule has 10 heteroatoms. The molecule has 1 N–H and O–H groups in total. The predicted molar refractivity (Wildman–Crippen MR) is 186 cm³/mol. The minimum absolute atomic E-state index is 0.00591. The largest absolute Gasteiger partial charge is 0.354 e. The first-order chi connectivity index (χ1) is 21.9. The fourth-order valence-corrected chi connectivity index (χ4v) is 6.86. The van der Waals surface area contributed by atoms with Crippen LogP contribution in [0.2, 0.25) is 10.0 Å². The lowest BCUT2D eigenvalue weighted by Gasteiger charge is -2.34. The van der Waals surface area contributed by atoms with Crippen molar-refractivity contribution >= 4 is 50.7 Å². The summed E-state index contributed by atoms with van der Waals surface area (Å²) in [5.74, 6) is -0.717. The van der Waals surface area contributed by atoms with Crippen molar-refractivity contribution in [1.82, 2.24) is 10.2 Å². The molecular formula is C36H39Cl2N3O4S. The molecule has 46 heavy (non-hydrogen) atoms. The molecule has 0 saturated carbocycles. The van der Waals surface area contributed by atoms with Crippen LogP contribution in [0.3, 0.4) is 0 Å². The number of nitrogens with one attached hydrogen (secondary N) is 1. The van der Waals surface area contributed by atoms with E-state index in [2.05, 4.69) is 5.32 Å². The fraction of sp³-hybridized carbons (Fsp3) is 0.278. The lowest BCUT2D eigenvalue weighted by molar-refractivity contribution is -0.140. The van der Waals surface area contributed by atoms with Gasteiger partial charge in [0, 0.05) is 19.5 Å². The molecule has 4 aromatic carbocycles. The van der Waals surface area contributed by atoms with E-state index < -0.39 is 28.5 Å². The average Bonchev–Trinajstić information content (AvgIpc) is 3.03. The Kier molecular flexibility index (Phi) is 11.9. The number of amides is 2. The molecule has 2 amide bonds. The Balaban J connectivity index is 1.84. The van der Waals surface area contributed by atoms with Crippen LogP contribution in [0.25, 0.3) is 0 Å². The lowest BCUT2D eigenvalue weighted by atomic mass is 10.0. The molecule has 242 valence electrons. The smallest absolute Gasteiger partial charge is 0.264 e. The van der Waals surface area contributed by atoms with Gasteiger partial charge in [-0.05, 0) is 60.7 Å². The van der Waals surface area contributed by atoms with Gasteiger partial charge in [0.1, 0.15) is 12.6 Å². The van der Waals surface area contributed by atoms with Crippen molar-refractivity contribution in [1.29, 1.82) is 0 Å². The molecule has 0 aliphatic heterocycles. The molecule has 0 aliphatic rings. The zero-order chi connectivity index (χ0) is 33.4. The molecule has 4 rings (SSSR count). The molecule has 0 fully saturated rings. The highest BCUT2D eigenvalue weighted by atomic mass is 35.5. The van der Waals surface area contributed by atoms with Gasteiger partial charge in [-0.3, -0.25) is 13.9 Å². The number of benzene rings is 4. The molecule has 4 aromatic rings. The molecule has 0 spiro atoms. The van der Waals surface area contributed by atoms with Crippen molar-refractivity contribution in [2.24, 2.45) is 5.92 Å². The van der Waals surface area contributed by atoms with Crippen LogP contribution in [-0.4, -0.2) is 44.3 Å². The Hall–Kier alpha value is -3.85. The second kappa shape index (κ2) is 15.6. The number of hydrogen-bond acceptors (Lipinski definition) is 4. The molecule has 7 nitrogen and oxygen atoms in total. The summed E-state index contributed by atoms with van der Waals surface area (Å²) in [4.78, 5) is 30.0. The number of hydrogen-bond donors (Lipinski definition) is 1. The standard InChI is InChI=1S/C36H39Cl2N3O4S/c1-25(2)22-39-36(43)33(21-28-12-6-5-7-13-28)40(23-29-14-9-8-11-27(29)4)34(42)24-41(32-16-10-15-31(37)35(32)38)46(44,45)30-19-17-26(3)18-20-30/h5-20,25,33H,21-24H2,1-4H3,(H,39,43)/t33-/m1/s1. The Morgan fingerprint density at radius 3 is 2.13 bits per heavy atom. The zero-order valence-corrected chi connectivity index (χ0v) is 28.7. The maximum Gasteiger partial charge on any atom is 0.264 e. The van der Waals surface area contributed by atoms with Crippen molar-refractivity contribution in [3.05, 3.63) is 129 Å². The summed E-state index contributed by atoms with van der Waals surface area (Å²) < 4.78 is 29.4. The summed E-state index contributed by atoms with van der Waals surface area (Å²) in [5, 5.41) is 3.13. The first-order valence-electron chi connectivity index (χ1n) is 15.1. The fourth-order valence-electron chi connectivity index (χ4n) is 4.98. The number of anilines is 1. The minimum Gasteiger partial charge on any atom is -0.354 e. The Morgan fingerprint density at radius 2 is 1.48 bits per heavy atom. The van der Waals surface area contributed by atoms with E-state index in [1.54, 1.807) is 24.3 Å². The van der Waals surface area contributed by atoms with Gasteiger partial charge in [-0.2, -0.15) is 0 Å². The maximum absolute atomic E-state index is 14.6. The van der Waals surface area contributed by atoms with Crippen LogP contribution in [0.5, 0.6) is 0 Å². The highest BCUT2D eigenvalue weighted by Crippen LogP contribution is 2.35. The number of rotatable bonds is 13. The van der Waals surface area contributed by atoms with Gasteiger partial charge in [0.05, 0.1) is 20.6 Å². The van der Waals surface area contributed by atoms with Crippen molar-refractivity contribution in [3.63, 3.8) is 0 Å². The third kappa shape index (κ3) is 8.69. The van der Waals surface area contributed by atoms with Crippen LogP contribution in [0.1, 0.15) is 36.1 Å². The van der Waals surface area contributed by atoms with Gasteiger partial charge in [0.15, 0.2) is 0 Å². The van der Waals surface area contributed by atoms with E-state index in [-0.39, 0.29) is 45.4 Å². The second-order valence-electron chi connectivity index (χ2n) is 11.7. The van der Waals surface area contributed by atoms with E-state index in [1.165, 1.54) is 23.1 Å². The molecule has 1 atom stereocenters. The molecule has 0 radical (unpaired) electrons. The predicted octanol–water partition coefficient (Wildman–Crippen LogP) is 7.22. The Morgan fingerprint density at radius 1 is 0.826 bits per heavy atom. The van der Waals surface area contributed by atoms with Crippen LogP contribution >= 0.6 is 23.2 Å². The highest BCUT2D eigenvalue weighted by molar-refractivity contribution is 7.92. The van der Waals surface area contributed by atoms with E-state index in [1.807, 2.05) is 82.3 Å². The first kappa shape index (κ1) is 35.0. The van der Waals surface area contributed by atoms with Crippen molar-refractivity contribution in [2.45, 2.75) is 51.6 Å². The SMILES string of the molecule is Cc1ccc(S(=O)(=O)N(CC(=O)N(Cc2ccccc2C)[C@H](Cc2ccccc2)C(=O)NCC(C)C)c2cccc(Cl)c2Cl)cc1. The van der Waals surface area contributed by atoms with Crippen LogP contribution in [0.4, 0.5) is 5.69 Å². The Labute approximate surface area is 282 Å². The third-order valence-corrected chi connectivity index (χ3v) is 10.2. The molecule has 0 unspecified atom stereocenters. The highest BCUT2D eigenvalue weighted by Gasteiger charge is 2.35. The molecule has 0 bridgehead atoms. The van der Waals surface area contributed by atoms with Crippen LogP contribution in [0, 0.1) is 19.8 Å². The number of carbonyl (C=O) groups excluding carboxylic acids is 2. The van der Waals surface area contributed by atoms with Gasteiger partial charge in [-0.1, -0.05) is 115 Å². The summed E-state index contributed by atoms with van der Waals surface area (Å²) >= 11 is 12.9. The summed E-state index contributed by atoms with van der Waals surface area (Å²) in [6, 6.07) is 27.1. The van der Waals surface area contributed by atoms with Crippen molar-refractivity contribution < 1.29 is 18.0 Å². The monoisotopic (exact) mass is 679 g/mol. The number of carbonyl (C=O) groups is 2. The van der Waals surface area contributed by atoms with E-state index in [0.717, 1.165) is 26.6 Å². The normalized spacial score (nSPS) is 12.1. The molecule has 0 heterocycles. The van der Waals surface area contributed by atoms with Gasteiger partial charge in [0.25, 0.3) is 10.0 Å². The van der Waals surface area contributed by atoms with Crippen LogP contribution in [-0.2, 0) is 32.6 Å². The van der Waals surface area contributed by atoms with Gasteiger partial charge >= 0.3 is 0 Å². The van der Waals surface area contributed by atoms with Crippen molar-refractivity contribution in [2.75, 3.05) is 17.4 Å². The van der Waals surface area contributed by atoms with E-state index >= 15 is 0 Å². The number of aryl methyl sites for hydroxylation is 2. The molecular weight excluding hydrogens is 641 g/mol. The van der Waals surface area contributed by atoms with E-state index in [0.29, 0.717) is 6.54 Å². The third-order valence-electron chi connectivity index (χ3n) is 7.65. The van der Waals surface area contributed by atoms with Gasteiger partial charge in [-0.25, -0.2) is 8.42 Å². The molecule has 0 saturated heterocycles. The summed E-state index contributed by atoms with van der Waals surface area (Å²) in [5.41, 5.74) is 3.56. The van der Waals surface area contributed by atoms with Gasteiger partial charge in [0.2, 0.25) is 11.8 Å². The zero-order valence-electron chi connectivity index (χ0n) is 26.4. The molecule has 0 aromatic heterocycles. The van der Waals surface area contributed by atoms with Crippen LogP contribution in [0.15, 0.2) is 102 Å². The number of halogens is 2.